The Hall–Kier alpha value is -2.09. The molecular weight excluding hydrogens is 363 g/mol. The molecule has 1 aromatic carbocycles. The van der Waals surface area contributed by atoms with Gasteiger partial charge < -0.3 is 9.47 Å². The zero-order chi connectivity index (χ0) is 20.4. The summed E-state index contributed by atoms with van der Waals surface area (Å²) in [5.74, 6) is -3.17. The Bertz CT molecular complexity index is 709. The number of halogens is 3. The first-order valence-corrected chi connectivity index (χ1v) is 8.85. The van der Waals surface area contributed by atoms with Crippen LogP contribution in [-0.4, -0.2) is 23.8 Å². The van der Waals surface area contributed by atoms with Crippen LogP contribution in [0.5, 0.6) is 5.75 Å². The molecule has 1 fully saturated rings. The molecule has 1 saturated carbocycles. The van der Waals surface area contributed by atoms with Crippen LogP contribution >= 0.6 is 0 Å². The van der Waals surface area contributed by atoms with E-state index in [9.17, 15) is 22.8 Å². The molecule has 0 aromatic heterocycles. The molecule has 5 nitrogen and oxygen atoms in total. The molecule has 8 heteroatoms. The van der Waals surface area contributed by atoms with Crippen LogP contribution in [0.4, 0.5) is 13.2 Å². The van der Waals surface area contributed by atoms with Crippen LogP contribution in [0, 0.1) is 5.92 Å². The van der Waals surface area contributed by atoms with Gasteiger partial charge in [0.25, 0.3) is 5.72 Å². The number of rotatable bonds is 7. The number of alkyl halides is 3. The number of carbonyl (C=O) groups excluding carboxylic acids is 2. The smallest absolute Gasteiger partial charge is 0.461 e. The first-order chi connectivity index (χ1) is 12.4. The highest BCUT2D eigenvalue weighted by molar-refractivity contribution is 5.92. The van der Waals surface area contributed by atoms with Gasteiger partial charge in [-0.25, -0.2) is 9.59 Å². The second-order valence-electron chi connectivity index (χ2n) is 7.36. The SMILES string of the molecule is CC(C)c1cccc(CCC2CC2)c1OC(C)(N)C(=O)OC(=O)C(F)(F)F. The van der Waals surface area contributed by atoms with E-state index < -0.39 is 23.8 Å². The highest BCUT2D eigenvalue weighted by Crippen LogP contribution is 2.37. The highest BCUT2D eigenvalue weighted by Gasteiger charge is 2.46. The first-order valence-electron chi connectivity index (χ1n) is 8.85. The third-order valence-electron chi connectivity index (χ3n) is 4.40. The number of aryl methyl sites for hydroxylation is 1. The van der Waals surface area contributed by atoms with Crippen LogP contribution in [0.3, 0.4) is 0 Å². The number of ether oxygens (including phenoxy) is 2. The van der Waals surface area contributed by atoms with Gasteiger partial charge in [-0.1, -0.05) is 44.9 Å². The lowest BCUT2D eigenvalue weighted by molar-refractivity contribution is -0.206. The summed E-state index contributed by atoms with van der Waals surface area (Å²) in [6, 6.07) is 5.51. The van der Waals surface area contributed by atoms with E-state index in [1.165, 1.54) is 12.8 Å². The van der Waals surface area contributed by atoms with Crippen LogP contribution in [-0.2, 0) is 20.7 Å². The normalized spacial score (nSPS) is 16.7. The molecule has 2 rings (SSSR count). The molecule has 1 aliphatic rings. The Balaban J connectivity index is 2.24. The van der Waals surface area contributed by atoms with E-state index in [0.717, 1.165) is 24.5 Å². The Morgan fingerprint density at radius 1 is 1.22 bits per heavy atom. The van der Waals surface area contributed by atoms with E-state index in [-0.39, 0.29) is 5.92 Å². The van der Waals surface area contributed by atoms with Gasteiger partial charge in [0.05, 0.1) is 0 Å². The molecule has 27 heavy (non-hydrogen) atoms. The standard InChI is InChI=1S/C19H24F3NO4/c1-11(2)14-6-4-5-13(10-9-12-7-8-12)15(14)27-18(3,23)16(24)26-17(25)19(20,21)22/h4-6,11-12H,7-10,23H2,1-3H3. The molecule has 0 amide bonds. The van der Waals surface area contributed by atoms with E-state index in [2.05, 4.69) is 4.74 Å². The average Bonchev–Trinajstić information content (AvgIpc) is 3.36. The lowest BCUT2D eigenvalue weighted by Gasteiger charge is -2.27. The topological polar surface area (TPSA) is 78.6 Å². The van der Waals surface area contributed by atoms with Crippen LogP contribution in [0.2, 0.25) is 0 Å². The minimum atomic E-state index is -5.29. The molecule has 0 spiro atoms. The molecule has 0 radical (unpaired) electrons. The van der Waals surface area contributed by atoms with Crippen molar-refractivity contribution < 1.29 is 32.2 Å². The van der Waals surface area contributed by atoms with E-state index in [1.807, 2.05) is 32.0 Å². The summed E-state index contributed by atoms with van der Waals surface area (Å²) in [5.41, 5.74) is 5.12. The molecule has 1 atom stereocenters. The first kappa shape index (κ1) is 21.2. The molecule has 0 aliphatic heterocycles. The molecule has 1 aliphatic carbocycles. The van der Waals surface area contributed by atoms with E-state index in [4.69, 9.17) is 10.5 Å². The number of hydrogen-bond acceptors (Lipinski definition) is 5. The second-order valence-corrected chi connectivity index (χ2v) is 7.36. The number of para-hydroxylation sites is 1. The molecule has 0 saturated heterocycles. The van der Waals surface area contributed by atoms with Crippen molar-refractivity contribution in [3.05, 3.63) is 29.3 Å². The van der Waals surface area contributed by atoms with Gasteiger partial charge in [0.2, 0.25) is 0 Å². The van der Waals surface area contributed by atoms with Crippen LogP contribution < -0.4 is 10.5 Å². The van der Waals surface area contributed by atoms with Crippen LogP contribution in [0.1, 0.15) is 57.1 Å². The van der Waals surface area contributed by atoms with Crippen LogP contribution in [0.15, 0.2) is 18.2 Å². The van der Waals surface area contributed by atoms with Crippen molar-refractivity contribution in [1.29, 1.82) is 0 Å². The van der Waals surface area contributed by atoms with Gasteiger partial charge >= 0.3 is 18.1 Å². The quantitative estimate of drug-likeness (QED) is 0.437. The fourth-order valence-corrected chi connectivity index (χ4v) is 2.64. The summed E-state index contributed by atoms with van der Waals surface area (Å²) < 4.78 is 46.5. The van der Waals surface area contributed by atoms with Gasteiger partial charge in [-0.3, -0.25) is 5.73 Å². The molecule has 150 valence electrons. The average molecular weight is 387 g/mol. The van der Waals surface area contributed by atoms with Crippen molar-refractivity contribution in [2.24, 2.45) is 11.7 Å². The number of carbonyl (C=O) groups is 2. The summed E-state index contributed by atoms with van der Waals surface area (Å²) in [6.45, 7) is 4.92. The summed E-state index contributed by atoms with van der Waals surface area (Å²) >= 11 is 0. The number of hydrogen-bond donors (Lipinski definition) is 1. The van der Waals surface area contributed by atoms with Crippen molar-refractivity contribution in [1.82, 2.24) is 0 Å². The summed E-state index contributed by atoms with van der Waals surface area (Å²) in [6.07, 6.45) is -1.28. The molecule has 1 unspecified atom stereocenters. The van der Waals surface area contributed by atoms with Crippen molar-refractivity contribution in [2.45, 2.75) is 64.3 Å². The minimum absolute atomic E-state index is 0.0319. The van der Waals surface area contributed by atoms with Gasteiger partial charge in [-0.15, -0.1) is 0 Å². The maximum absolute atomic E-state index is 12.3. The number of nitrogens with two attached hydrogens (primary N) is 1. The summed E-state index contributed by atoms with van der Waals surface area (Å²) in [4.78, 5) is 22.9. The van der Waals surface area contributed by atoms with Gasteiger partial charge in [-0.2, -0.15) is 13.2 Å². The third kappa shape index (κ3) is 5.69. The minimum Gasteiger partial charge on any atom is -0.461 e. The largest absolute Gasteiger partial charge is 0.491 e. The zero-order valence-electron chi connectivity index (χ0n) is 15.6. The zero-order valence-corrected chi connectivity index (χ0v) is 15.6. The van der Waals surface area contributed by atoms with E-state index in [1.54, 1.807) is 0 Å². The Morgan fingerprint density at radius 3 is 2.37 bits per heavy atom. The number of esters is 2. The molecule has 0 bridgehead atoms. The predicted octanol–water partition coefficient (Wildman–Crippen LogP) is 3.84. The third-order valence-corrected chi connectivity index (χ3v) is 4.40. The fraction of sp³-hybridized carbons (Fsp3) is 0.579. The van der Waals surface area contributed by atoms with Crippen molar-refractivity contribution >= 4 is 11.9 Å². The van der Waals surface area contributed by atoms with Crippen LogP contribution in [0.25, 0.3) is 0 Å². The molecule has 0 heterocycles. The van der Waals surface area contributed by atoms with Gasteiger partial charge in [-0.05, 0) is 35.8 Å². The van der Waals surface area contributed by atoms with Gasteiger partial charge in [0.15, 0.2) is 0 Å². The Labute approximate surface area is 156 Å². The van der Waals surface area contributed by atoms with E-state index >= 15 is 0 Å². The highest BCUT2D eigenvalue weighted by atomic mass is 19.4. The van der Waals surface area contributed by atoms with Crippen molar-refractivity contribution in [2.75, 3.05) is 0 Å². The maximum Gasteiger partial charge on any atom is 0.491 e. The molecule has 1 aromatic rings. The Kier molecular flexibility index (Phi) is 6.19. The number of benzene rings is 1. The predicted molar refractivity (Wildman–Crippen MR) is 92.0 cm³/mol. The van der Waals surface area contributed by atoms with Crippen molar-refractivity contribution in [3.63, 3.8) is 0 Å². The molecule has 2 N–H and O–H groups in total. The fourth-order valence-electron chi connectivity index (χ4n) is 2.64. The Morgan fingerprint density at radius 2 is 1.85 bits per heavy atom. The van der Waals surface area contributed by atoms with E-state index in [0.29, 0.717) is 18.1 Å². The summed E-state index contributed by atoms with van der Waals surface area (Å²) in [7, 11) is 0. The second kappa shape index (κ2) is 7.88. The van der Waals surface area contributed by atoms with Gasteiger partial charge in [0.1, 0.15) is 5.75 Å². The maximum atomic E-state index is 12.3. The summed E-state index contributed by atoms with van der Waals surface area (Å²) in [5, 5.41) is 0. The lowest BCUT2D eigenvalue weighted by Crippen LogP contribution is -2.53. The van der Waals surface area contributed by atoms with Crippen molar-refractivity contribution in [3.8, 4) is 5.75 Å². The monoisotopic (exact) mass is 387 g/mol. The lowest BCUT2D eigenvalue weighted by atomic mass is 9.96. The van der Waals surface area contributed by atoms with Gasteiger partial charge in [0, 0.05) is 6.92 Å². The molecular formula is C19H24F3NO4.